The third kappa shape index (κ3) is 2.46. The van der Waals surface area contributed by atoms with Crippen LogP contribution in [-0.4, -0.2) is 49.4 Å². The first-order valence-corrected chi connectivity index (χ1v) is 8.28. The van der Waals surface area contributed by atoms with Crippen LogP contribution in [0.15, 0.2) is 47.9 Å². The largest absolute Gasteiger partial charge is 0.345 e. The van der Waals surface area contributed by atoms with E-state index in [0.717, 1.165) is 34.7 Å². The highest BCUT2D eigenvalue weighted by molar-refractivity contribution is 8.00. The number of benzene rings is 1. The van der Waals surface area contributed by atoms with Gasteiger partial charge in [0.2, 0.25) is 5.91 Å². The molecule has 116 valence electrons. The van der Waals surface area contributed by atoms with Gasteiger partial charge < -0.3 is 4.90 Å². The summed E-state index contributed by atoms with van der Waals surface area (Å²) in [7, 11) is 1.84. The number of para-hydroxylation sites is 1. The molecule has 1 amide bonds. The Kier molecular flexibility index (Phi) is 3.49. The van der Waals surface area contributed by atoms with E-state index >= 15 is 0 Å². The third-order valence-corrected chi connectivity index (χ3v) is 5.23. The fourth-order valence-corrected chi connectivity index (χ4v) is 3.86. The lowest BCUT2D eigenvalue weighted by atomic mass is 10.3. The van der Waals surface area contributed by atoms with Crippen molar-refractivity contribution in [3.8, 4) is 5.69 Å². The van der Waals surface area contributed by atoms with Crippen molar-refractivity contribution in [3.05, 3.63) is 42.9 Å². The number of thioether (sulfide) groups is 1. The van der Waals surface area contributed by atoms with Crippen molar-refractivity contribution in [1.82, 2.24) is 24.6 Å². The van der Waals surface area contributed by atoms with Gasteiger partial charge in [-0.25, -0.2) is 14.6 Å². The van der Waals surface area contributed by atoms with E-state index in [-0.39, 0.29) is 11.2 Å². The summed E-state index contributed by atoms with van der Waals surface area (Å²) < 4.78 is 1.80. The average molecular weight is 325 g/mol. The van der Waals surface area contributed by atoms with Crippen LogP contribution in [0.3, 0.4) is 0 Å². The molecule has 1 aliphatic heterocycles. The zero-order valence-electron chi connectivity index (χ0n) is 12.6. The zero-order valence-corrected chi connectivity index (χ0v) is 13.4. The number of aromatic nitrogens is 4. The quantitative estimate of drug-likeness (QED) is 0.690. The maximum atomic E-state index is 12.1. The fourth-order valence-electron chi connectivity index (χ4n) is 2.71. The predicted molar refractivity (Wildman–Crippen MR) is 88.6 cm³/mol. The van der Waals surface area contributed by atoms with Crippen LogP contribution >= 0.6 is 11.8 Å². The molecule has 0 spiro atoms. The van der Waals surface area contributed by atoms with Gasteiger partial charge in [0, 0.05) is 13.6 Å². The van der Waals surface area contributed by atoms with Crippen LogP contribution in [0.1, 0.15) is 6.42 Å². The first-order valence-electron chi connectivity index (χ1n) is 7.40. The van der Waals surface area contributed by atoms with Crippen molar-refractivity contribution in [2.24, 2.45) is 0 Å². The van der Waals surface area contributed by atoms with E-state index < -0.39 is 0 Å². The molecule has 7 heteroatoms. The van der Waals surface area contributed by atoms with Crippen LogP contribution in [-0.2, 0) is 4.79 Å². The summed E-state index contributed by atoms with van der Waals surface area (Å²) in [5, 5.41) is 6.06. The van der Waals surface area contributed by atoms with Crippen molar-refractivity contribution in [2.75, 3.05) is 13.6 Å². The molecule has 4 rings (SSSR count). The first-order chi connectivity index (χ1) is 11.2. The van der Waals surface area contributed by atoms with Gasteiger partial charge in [-0.05, 0) is 18.6 Å². The minimum absolute atomic E-state index is 0.0711. The number of carbonyl (C=O) groups is 1. The number of rotatable bonds is 3. The Morgan fingerprint density at radius 1 is 1.22 bits per heavy atom. The lowest BCUT2D eigenvalue weighted by molar-refractivity contribution is -0.126. The summed E-state index contributed by atoms with van der Waals surface area (Å²) in [6, 6.07) is 9.86. The van der Waals surface area contributed by atoms with Crippen LogP contribution in [0.2, 0.25) is 0 Å². The van der Waals surface area contributed by atoms with E-state index in [1.807, 2.05) is 37.4 Å². The highest BCUT2D eigenvalue weighted by Gasteiger charge is 2.31. The molecule has 0 radical (unpaired) electrons. The van der Waals surface area contributed by atoms with E-state index in [2.05, 4.69) is 15.1 Å². The van der Waals surface area contributed by atoms with E-state index in [0.29, 0.717) is 0 Å². The Hall–Kier alpha value is -2.41. The Balaban J connectivity index is 1.72. The molecule has 0 saturated carbocycles. The van der Waals surface area contributed by atoms with Crippen LogP contribution in [0.25, 0.3) is 16.7 Å². The second-order valence-electron chi connectivity index (χ2n) is 5.46. The SMILES string of the molecule is CN1CCC(Sc2ncnc3c2cnn3-c2ccccc2)C1=O. The molecule has 3 aromatic rings. The Morgan fingerprint density at radius 3 is 2.78 bits per heavy atom. The van der Waals surface area contributed by atoms with E-state index in [1.54, 1.807) is 15.8 Å². The molecule has 2 aromatic heterocycles. The molecule has 1 aliphatic rings. The number of hydrogen-bond acceptors (Lipinski definition) is 5. The summed E-state index contributed by atoms with van der Waals surface area (Å²) in [5.41, 5.74) is 1.71. The molecule has 0 aliphatic carbocycles. The van der Waals surface area contributed by atoms with Gasteiger partial charge in [0.15, 0.2) is 5.65 Å². The lowest BCUT2D eigenvalue weighted by Gasteiger charge is -2.09. The number of hydrogen-bond donors (Lipinski definition) is 0. The first kappa shape index (κ1) is 14.2. The molecular weight excluding hydrogens is 310 g/mol. The molecular formula is C16H15N5OS. The lowest BCUT2D eigenvalue weighted by Crippen LogP contribution is -2.23. The van der Waals surface area contributed by atoms with Gasteiger partial charge in [-0.3, -0.25) is 4.79 Å². The maximum Gasteiger partial charge on any atom is 0.235 e. The highest BCUT2D eigenvalue weighted by Crippen LogP contribution is 2.33. The molecule has 6 nitrogen and oxygen atoms in total. The number of likely N-dealkylation sites (tertiary alicyclic amines) is 1. The summed E-state index contributed by atoms with van der Waals surface area (Å²) in [6.45, 7) is 0.800. The van der Waals surface area contributed by atoms with Gasteiger partial charge >= 0.3 is 0 Å². The van der Waals surface area contributed by atoms with Crippen LogP contribution in [0.4, 0.5) is 0 Å². The molecule has 1 atom stereocenters. The molecule has 1 saturated heterocycles. The molecule has 0 N–H and O–H groups in total. The number of fused-ring (bicyclic) bond motifs is 1. The van der Waals surface area contributed by atoms with Crippen molar-refractivity contribution < 1.29 is 4.79 Å². The van der Waals surface area contributed by atoms with Crippen molar-refractivity contribution in [1.29, 1.82) is 0 Å². The van der Waals surface area contributed by atoms with E-state index in [1.165, 1.54) is 18.1 Å². The zero-order chi connectivity index (χ0) is 15.8. The standard InChI is InChI=1S/C16H15N5OS/c1-20-8-7-13(16(20)22)23-15-12-9-19-21(14(12)17-10-18-15)11-5-3-2-4-6-11/h2-6,9-10,13H,7-8H2,1H3. The minimum Gasteiger partial charge on any atom is -0.345 e. The van der Waals surface area contributed by atoms with Gasteiger partial charge in [-0.15, -0.1) is 0 Å². The normalized spacial score (nSPS) is 18.0. The molecule has 1 fully saturated rings. The van der Waals surface area contributed by atoms with Crippen LogP contribution in [0, 0.1) is 0 Å². The van der Waals surface area contributed by atoms with E-state index in [4.69, 9.17) is 0 Å². The minimum atomic E-state index is -0.0711. The summed E-state index contributed by atoms with van der Waals surface area (Å²) >= 11 is 1.51. The molecule has 1 unspecified atom stereocenters. The van der Waals surface area contributed by atoms with Crippen molar-refractivity contribution >= 4 is 28.7 Å². The predicted octanol–water partition coefficient (Wildman–Crippen LogP) is 2.14. The average Bonchev–Trinajstić information content (AvgIpc) is 3.15. The summed E-state index contributed by atoms with van der Waals surface area (Å²) in [6.07, 6.45) is 4.15. The Morgan fingerprint density at radius 2 is 2.04 bits per heavy atom. The number of carbonyl (C=O) groups excluding carboxylic acids is 1. The smallest absolute Gasteiger partial charge is 0.235 e. The highest BCUT2D eigenvalue weighted by atomic mass is 32.2. The van der Waals surface area contributed by atoms with Gasteiger partial charge in [0.05, 0.1) is 22.5 Å². The van der Waals surface area contributed by atoms with Crippen molar-refractivity contribution in [2.45, 2.75) is 16.7 Å². The Bertz CT molecular complexity index is 863. The number of nitrogens with zero attached hydrogens (tertiary/aromatic N) is 5. The monoisotopic (exact) mass is 325 g/mol. The third-order valence-electron chi connectivity index (χ3n) is 3.96. The van der Waals surface area contributed by atoms with Crippen molar-refractivity contribution in [3.63, 3.8) is 0 Å². The second-order valence-corrected chi connectivity index (χ2v) is 6.65. The van der Waals surface area contributed by atoms with Crippen LogP contribution in [0.5, 0.6) is 0 Å². The number of amides is 1. The van der Waals surface area contributed by atoms with Gasteiger partial charge in [-0.1, -0.05) is 30.0 Å². The van der Waals surface area contributed by atoms with Gasteiger partial charge in [0.1, 0.15) is 11.4 Å². The molecule has 0 bridgehead atoms. The molecule has 3 heterocycles. The van der Waals surface area contributed by atoms with Gasteiger partial charge in [0.25, 0.3) is 0 Å². The molecule has 1 aromatic carbocycles. The second kappa shape index (κ2) is 5.66. The van der Waals surface area contributed by atoms with Gasteiger partial charge in [-0.2, -0.15) is 5.10 Å². The topological polar surface area (TPSA) is 63.9 Å². The van der Waals surface area contributed by atoms with E-state index in [9.17, 15) is 4.79 Å². The summed E-state index contributed by atoms with van der Waals surface area (Å²) in [5.74, 6) is 0.164. The molecule has 23 heavy (non-hydrogen) atoms. The fraction of sp³-hybridized carbons (Fsp3) is 0.250. The summed E-state index contributed by atoms with van der Waals surface area (Å²) in [4.78, 5) is 22.6. The Labute approximate surface area is 137 Å². The maximum absolute atomic E-state index is 12.1. The van der Waals surface area contributed by atoms with Crippen LogP contribution < -0.4 is 0 Å².